The maximum absolute atomic E-state index is 13.6. The lowest BCUT2D eigenvalue weighted by Crippen LogP contribution is -2.55. The number of carbonyl (C=O) groups excluding carboxylic acids is 1. The lowest BCUT2D eigenvalue weighted by Gasteiger charge is -2.46. The van der Waals surface area contributed by atoms with Gasteiger partial charge in [-0.05, 0) is 37.8 Å². The lowest BCUT2D eigenvalue weighted by atomic mass is 9.71. The summed E-state index contributed by atoms with van der Waals surface area (Å²) in [5.74, 6) is 0.124. The first kappa shape index (κ1) is 16.2. The third-order valence-corrected chi connectivity index (χ3v) is 7.39. The smallest absolute Gasteiger partial charge is 0.273 e. The second-order valence-corrected chi connectivity index (χ2v) is 8.68. The third kappa shape index (κ3) is 2.18. The fraction of sp³-hybridized carbons (Fsp3) is 0.545. The molecule has 2 bridgehead atoms. The number of hydrogen-bond acceptors (Lipinski definition) is 3. The maximum Gasteiger partial charge on any atom is 0.273 e. The number of nitrogens with zero attached hydrogens (tertiary/aromatic N) is 3. The lowest BCUT2D eigenvalue weighted by molar-refractivity contribution is 0.0281. The average molecular weight is 349 g/mol. The van der Waals surface area contributed by atoms with Gasteiger partial charge in [-0.25, -0.2) is 0 Å². The number of likely N-dealkylation sites (tertiary alicyclic amines) is 2. The highest BCUT2D eigenvalue weighted by Gasteiger charge is 2.58. The average Bonchev–Trinajstić information content (AvgIpc) is 2.77. The molecule has 3 fully saturated rings. The van der Waals surface area contributed by atoms with Gasteiger partial charge in [0.25, 0.3) is 5.91 Å². The van der Waals surface area contributed by atoms with Crippen LogP contribution in [-0.2, 0) is 0 Å². The van der Waals surface area contributed by atoms with Crippen LogP contribution in [0.5, 0.6) is 0 Å². The van der Waals surface area contributed by atoms with Crippen LogP contribution in [0.2, 0.25) is 0 Å². The number of benzene rings is 1. The van der Waals surface area contributed by atoms with Gasteiger partial charge in [0.2, 0.25) is 0 Å². The summed E-state index contributed by atoms with van der Waals surface area (Å²) in [6, 6.07) is 11.5. The van der Waals surface area contributed by atoms with Gasteiger partial charge in [0, 0.05) is 41.7 Å². The zero-order valence-electron chi connectivity index (χ0n) is 15.7. The van der Waals surface area contributed by atoms with Crippen molar-refractivity contribution in [2.75, 3.05) is 13.6 Å². The molecule has 1 aliphatic carbocycles. The van der Waals surface area contributed by atoms with Crippen LogP contribution in [0.15, 0.2) is 36.5 Å². The number of hydrogen-bond donors (Lipinski definition) is 0. The van der Waals surface area contributed by atoms with Crippen LogP contribution >= 0.6 is 0 Å². The third-order valence-electron chi connectivity index (χ3n) is 7.39. The molecule has 1 amide bonds. The molecule has 4 atom stereocenters. The molecule has 136 valence electrons. The molecule has 5 rings (SSSR count). The second kappa shape index (κ2) is 5.78. The van der Waals surface area contributed by atoms with Gasteiger partial charge >= 0.3 is 0 Å². The van der Waals surface area contributed by atoms with Crippen molar-refractivity contribution in [3.8, 4) is 0 Å². The molecular formula is C22H27N3O. The Kier molecular flexibility index (Phi) is 3.61. The van der Waals surface area contributed by atoms with Crippen molar-refractivity contribution < 1.29 is 4.79 Å². The van der Waals surface area contributed by atoms with E-state index in [1.165, 1.54) is 25.7 Å². The Hall–Kier alpha value is -1.94. The molecule has 1 aromatic heterocycles. The molecule has 4 heteroatoms. The normalized spacial score (nSPS) is 34.1. The van der Waals surface area contributed by atoms with Gasteiger partial charge < -0.3 is 4.90 Å². The molecule has 0 N–H and O–H groups in total. The van der Waals surface area contributed by atoms with Crippen molar-refractivity contribution in [1.29, 1.82) is 0 Å². The Morgan fingerprint density at radius 3 is 2.77 bits per heavy atom. The number of amides is 1. The summed E-state index contributed by atoms with van der Waals surface area (Å²) in [6.45, 7) is 3.27. The molecule has 2 saturated heterocycles. The van der Waals surface area contributed by atoms with Crippen LogP contribution in [0.25, 0.3) is 10.8 Å². The fourth-order valence-corrected chi connectivity index (χ4v) is 6.11. The minimum Gasteiger partial charge on any atom is -0.332 e. The highest BCUT2D eigenvalue weighted by atomic mass is 16.2. The van der Waals surface area contributed by atoms with Gasteiger partial charge in [-0.15, -0.1) is 0 Å². The van der Waals surface area contributed by atoms with E-state index >= 15 is 0 Å². The summed E-state index contributed by atoms with van der Waals surface area (Å²) in [6.07, 6.45) is 7.91. The molecule has 0 radical (unpaired) electrons. The van der Waals surface area contributed by atoms with Crippen molar-refractivity contribution in [3.05, 3.63) is 42.2 Å². The topological polar surface area (TPSA) is 36.4 Å². The zero-order valence-corrected chi connectivity index (χ0v) is 15.7. The summed E-state index contributed by atoms with van der Waals surface area (Å²) in [5, 5.41) is 2.06. The Labute approximate surface area is 155 Å². The number of rotatable bonds is 1. The molecule has 1 saturated carbocycles. The summed E-state index contributed by atoms with van der Waals surface area (Å²) < 4.78 is 0. The van der Waals surface area contributed by atoms with E-state index in [1.807, 2.05) is 24.3 Å². The summed E-state index contributed by atoms with van der Waals surface area (Å²) >= 11 is 0. The minimum absolute atomic E-state index is 0.124. The first-order chi connectivity index (χ1) is 12.6. The van der Waals surface area contributed by atoms with Crippen LogP contribution in [0.4, 0.5) is 0 Å². The first-order valence-corrected chi connectivity index (χ1v) is 9.96. The van der Waals surface area contributed by atoms with Crippen molar-refractivity contribution in [2.45, 2.75) is 57.2 Å². The number of carbonyl (C=O) groups is 1. The number of piperidine rings is 1. The number of likely N-dealkylation sites (N-methyl/N-ethyl adjacent to an activating group) is 1. The van der Waals surface area contributed by atoms with E-state index in [0.29, 0.717) is 23.8 Å². The van der Waals surface area contributed by atoms with Crippen LogP contribution in [0.3, 0.4) is 0 Å². The van der Waals surface area contributed by atoms with E-state index in [1.54, 1.807) is 6.20 Å². The molecule has 2 aromatic rings. The Bertz CT molecular complexity index is 860. The van der Waals surface area contributed by atoms with E-state index in [2.05, 4.69) is 34.8 Å². The SMILES string of the molecule is CN1[C@@H]2CN(C(=O)c3nccc4ccccc34)[C@@H]3CCCC[C@H]1[C@]3(C)C2. The van der Waals surface area contributed by atoms with E-state index in [0.717, 1.165) is 23.7 Å². The predicted molar refractivity (Wildman–Crippen MR) is 103 cm³/mol. The van der Waals surface area contributed by atoms with Crippen LogP contribution in [0, 0.1) is 5.41 Å². The quantitative estimate of drug-likeness (QED) is 0.787. The van der Waals surface area contributed by atoms with Gasteiger partial charge in [-0.2, -0.15) is 0 Å². The Morgan fingerprint density at radius 1 is 1.15 bits per heavy atom. The van der Waals surface area contributed by atoms with E-state index < -0.39 is 0 Å². The van der Waals surface area contributed by atoms with Gasteiger partial charge in [0.1, 0.15) is 5.69 Å². The zero-order chi connectivity index (χ0) is 17.9. The standard InChI is InChI=1S/C22H27N3O/c1-22-13-16-14-25(19(22)10-6-5-9-18(22)24(16)2)21(26)20-17-8-4-3-7-15(17)11-12-23-20/h3-4,7-8,11-12,16,18-19H,5-6,9-10,13-14H2,1-2H3/t16-,18-,19+,22-/m0/s1. The molecule has 3 heterocycles. The summed E-state index contributed by atoms with van der Waals surface area (Å²) in [7, 11) is 2.27. The molecule has 2 aliphatic heterocycles. The Morgan fingerprint density at radius 2 is 1.92 bits per heavy atom. The number of pyridine rings is 1. The minimum atomic E-state index is 0.124. The van der Waals surface area contributed by atoms with E-state index in [4.69, 9.17) is 0 Å². The highest BCUT2D eigenvalue weighted by molar-refractivity contribution is 6.05. The first-order valence-electron chi connectivity index (χ1n) is 9.96. The summed E-state index contributed by atoms with van der Waals surface area (Å²) in [4.78, 5) is 22.9. The van der Waals surface area contributed by atoms with Crippen LogP contribution in [-0.4, -0.2) is 52.4 Å². The highest BCUT2D eigenvalue weighted by Crippen LogP contribution is 2.52. The molecule has 4 nitrogen and oxygen atoms in total. The molecule has 1 aromatic carbocycles. The monoisotopic (exact) mass is 349 g/mol. The molecule has 3 aliphatic rings. The number of aromatic nitrogens is 1. The van der Waals surface area contributed by atoms with Crippen LogP contribution in [0.1, 0.15) is 49.5 Å². The molecule has 26 heavy (non-hydrogen) atoms. The summed E-state index contributed by atoms with van der Waals surface area (Å²) in [5.41, 5.74) is 0.838. The van der Waals surface area contributed by atoms with Crippen molar-refractivity contribution in [2.24, 2.45) is 5.41 Å². The predicted octanol–water partition coefficient (Wildman–Crippen LogP) is 3.71. The largest absolute Gasteiger partial charge is 0.332 e. The van der Waals surface area contributed by atoms with Gasteiger partial charge in [-0.1, -0.05) is 44.0 Å². The van der Waals surface area contributed by atoms with Crippen molar-refractivity contribution >= 4 is 16.7 Å². The second-order valence-electron chi connectivity index (χ2n) is 8.68. The Balaban J connectivity index is 1.58. The van der Waals surface area contributed by atoms with E-state index in [9.17, 15) is 4.79 Å². The molecule has 0 spiro atoms. The molecular weight excluding hydrogens is 322 g/mol. The van der Waals surface area contributed by atoms with Gasteiger partial charge in [0.05, 0.1) is 0 Å². The van der Waals surface area contributed by atoms with E-state index in [-0.39, 0.29) is 11.3 Å². The van der Waals surface area contributed by atoms with Gasteiger partial charge in [-0.3, -0.25) is 14.7 Å². The van der Waals surface area contributed by atoms with Gasteiger partial charge in [0.15, 0.2) is 0 Å². The van der Waals surface area contributed by atoms with Crippen molar-refractivity contribution in [1.82, 2.24) is 14.8 Å². The molecule has 0 unspecified atom stereocenters. The van der Waals surface area contributed by atoms with Crippen molar-refractivity contribution in [3.63, 3.8) is 0 Å². The maximum atomic E-state index is 13.6. The fourth-order valence-electron chi connectivity index (χ4n) is 6.11. The van der Waals surface area contributed by atoms with Crippen LogP contribution < -0.4 is 0 Å². The number of fused-ring (bicyclic) bond motifs is 2.